The largest absolute Gasteiger partial charge is 0.481 e. The van der Waals surface area contributed by atoms with Crippen molar-refractivity contribution >= 4 is 24.2 Å². The summed E-state index contributed by atoms with van der Waals surface area (Å²) in [5.41, 5.74) is 8.66. The molecule has 1 fully saturated rings. The van der Waals surface area contributed by atoms with E-state index in [1.54, 1.807) is 13.2 Å². The van der Waals surface area contributed by atoms with Gasteiger partial charge in [0, 0.05) is 28.7 Å². The zero-order chi connectivity index (χ0) is 29.7. The van der Waals surface area contributed by atoms with E-state index >= 15 is 0 Å². The molecule has 0 radical (unpaired) electrons. The SMILES string of the molecule is COc1cc([C@H](O[Si](C)(C)C(C)(C)C)[C@H](N)C[C@H]2C[C@@H](O)[C@H](C)[C@@H](COCc3ccc(Br)cc3)N2)nc(OC)n1. The van der Waals surface area contributed by atoms with Crippen LogP contribution in [0.2, 0.25) is 18.1 Å². The fourth-order valence-corrected chi connectivity index (χ4v) is 6.17. The van der Waals surface area contributed by atoms with Crippen LogP contribution in [0.3, 0.4) is 0 Å². The number of aromatic nitrogens is 2. The van der Waals surface area contributed by atoms with Gasteiger partial charge < -0.3 is 34.8 Å². The molecular formula is C29H47BrN4O5Si. The van der Waals surface area contributed by atoms with E-state index in [1.807, 2.05) is 24.3 Å². The van der Waals surface area contributed by atoms with E-state index in [9.17, 15) is 5.11 Å². The fraction of sp³-hybridized carbons (Fsp3) is 0.655. The monoisotopic (exact) mass is 638 g/mol. The van der Waals surface area contributed by atoms with Gasteiger partial charge in [0.15, 0.2) is 8.32 Å². The van der Waals surface area contributed by atoms with Gasteiger partial charge in [0.05, 0.1) is 39.2 Å². The van der Waals surface area contributed by atoms with Gasteiger partial charge >= 0.3 is 6.01 Å². The first-order valence-corrected chi connectivity index (χ1v) is 17.6. The number of ether oxygens (including phenoxy) is 3. The molecule has 0 saturated carbocycles. The number of hydrogen-bond donors (Lipinski definition) is 3. The van der Waals surface area contributed by atoms with Gasteiger partial charge in [-0.3, -0.25) is 0 Å². The van der Waals surface area contributed by atoms with Crippen LogP contribution in [0.4, 0.5) is 0 Å². The number of nitrogens with one attached hydrogen (secondary N) is 1. The Morgan fingerprint density at radius 2 is 1.82 bits per heavy atom. The lowest BCUT2D eigenvalue weighted by atomic mass is 9.84. The summed E-state index contributed by atoms with van der Waals surface area (Å²) < 4.78 is 24.7. The lowest BCUT2D eigenvalue weighted by molar-refractivity contribution is -0.00324. The standard InChI is InChI=1S/C29H47BrN4O5Si/c1-18-24(17-38-16-19-9-11-20(30)12-10-19)32-21(14-25(18)35)13-22(31)27(39-40(7,8)29(2,3)4)23-15-26(36-5)34-28(33-23)37-6/h9-12,15,18,21-22,24-25,27,32,35H,13-14,16-17,31H2,1-8H3/t18-,21+,22-,24-,25-,27-/m1/s1. The van der Waals surface area contributed by atoms with Gasteiger partial charge in [-0.1, -0.05) is 55.8 Å². The number of aliphatic hydroxyl groups is 1. The normalized spacial score (nSPS) is 23.5. The highest BCUT2D eigenvalue weighted by Gasteiger charge is 2.42. The molecule has 3 rings (SSSR count). The molecule has 1 aliphatic rings. The number of nitrogens with zero attached hydrogens (tertiary/aromatic N) is 2. The zero-order valence-corrected chi connectivity index (χ0v) is 27.7. The number of benzene rings is 1. The van der Waals surface area contributed by atoms with Crippen molar-refractivity contribution in [2.75, 3.05) is 20.8 Å². The van der Waals surface area contributed by atoms with Gasteiger partial charge in [-0.15, -0.1) is 0 Å². The van der Waals surface area contributed by atoms with Crippen LogP contribution in [-0.4, -0.2) is 68.4 Å². The second-order valence-electron chi connectivity index (χ2n) is 12.3. The Balaban J connectivity index is 1.76. The van der Waals surface area contributed by atoms with Crippen molar-refractivity contribution < 1.29 is 23.7 Å². The number of piperidine rings is 1. The summed E-state index contributed by atoms with van der Waals surface area (Å²) in [6, 6.07) is 9.64. The van der Waals surface area contributed by atoms with Crippen molar-refractivity contribution in [3.63, 3.8) is 0 Å². The first-order chi connectivity index (χ1) is 18.7. The highest BCUT2D eigenvalue weighted by Crippen LogP contribution is 2.41. The lowest BCUT2D eigenvalue weighted by Gasteiger charge is -2.43. The average Bonchev–Trinajstić information content (AvgIpc) is 2.90. The van der Waals surface area contributed by atoms with Gasteiger partial charge in [-0.2, -0.15) is 9.97 Å². The highest BCUT2D eigenvalue weighted by atomic mass is 79.9. The molecule has 1 aliphatic heterocycles. The van der Waals surface area contributed by atoms with Crippen molar-refractivity contribution in [3.05, 3.63) is 46.1 Å². The number of nitrogens with two attached hydrogens (primary N) is 1. The van der Waals surface area contributed by atoms with Crippen LogP contribution >= 0.6 is 15.9 Å². The van der Waals surface area contributed by atoms with Gasteiger partial charge in [-0.05, 0) is 54.6 Å². The van der Waals surface area contributed by atoms with E-state index in [2.05, 4.69) is 72.0 Å². The molecule has 224 valence electrons. The fourth-order valence-electron chi connectivity index (χ4n) is 4.62. The quantitative estimate of drug-likeness (QED) is 0.276. The van der Waals surface area contributed by atoms with Crippen LogP contribution < -0.4 is 20.5 Å². The second-order valence-corrected chi connectivity index (χ2v) is 18.0. The summed E-state index contributed by atoms with van der Waals surface area (Å²) in [4.78, 5) is 8.86. The molecule has 0 spiro atoms. The maximum Gasteiger partial charge on any atom is 0.319 e. The third-order valence-electron chi connectivity index (χ3n) is 8.26. The van der Waals surface area contributed by atoms with Crippen LogP contribution in [-0.2, 0) is 15.8 Å². The Bertz CT molecular complexity index is 1060. The highest BCUT2D eigenvalue weighted by molar-refractivity contribution is 9.10. The first kappa shape index (κ1) is 32.9. The van der Waals surface area contributed by atoms with Gasteiger partial charge in [0.1, 0.15) is 6.10 Å². The minimum Gasteiger partial charge on any atom is -0.481 e. The molecule has 0 unspecified atom stereocenters. The zero-order valence-electron chi connectivity index (χ0n) is 25.1. The molecule has 40 heavy (non-hydrogen) atoms. The molecule has 1 aromatic carbocycles. The number of aliphatic hydroxyl groups excluding tert-OH is 1. The lowest BCUT2D eigenvalue weighted by Crippen LogP contribution is -2.56. The van der Waals surface area contributed by atoms with Crippen LogP contribution in [0, 0.1) is 5.92 Å². The molecule has 1 saturated heterocycles. The Labute approximate surface area is 248 Å². The molecule has 2 aromatic rings. The minimum atomic E-state index is -2.24. The maximum absolute atomic E-state index is 10.9. The predicted molar refractivity (Wildman–Crippen MR) is 163 cm³/mol. The van der Waals surface area contributed by atoms with E-state index in [0.717, 1.165) is 10.0 Å². The van der Waals surface area contributed by atoms with E-state index in [1.165, 1.54) is 7.11 Å². The molecular weight excluding hydrogens is 592 g/mol. The molecule has 1 aromatic heterocycles. The van der Waals surface area contributed by atoms with Crippen LogP contribution in [0.5, 0.6) is 11.9 Å². The van der Waals surface area contributed by atoms with E-state index < -0.39 is 26.6 Å². The smallest absolute Gasteiger partial charge is 0.319 e. The van der Waals surface area contributed by atoms with Crippen molar-refractivity contribution in [2.24, 2.45) is 11.7 Å². The number of rotatable bonds is 12. The van der Waals surface area contributed by atoms with Gasteiger partial charge in [0.2, 0.25) is 5.88 Å². The van der Waals surface area contributed by atoms with Crippen LogP contribution in [0.15, 0.2) is 34.8 Å². The van der Waals surface area contributed by atoms with Crippen LogP contribution in [0.25, 0.3) is 0 Å². The van der Waals surface area contributed by atoms with Crippen molar-refractivity contribution in [2.45, 2.75) is 95.6 Å². The van der Waals surface area contributed by atoms with E-state index in [-0.39, 0.29) is 29.1 Å². The second kappa shape index (κ2) is 14.0. The van der Waals surface area contributed by atoms with E-state index in [4.69, 9.17) is 24.4 Å². The molecule has 0 amide bonds. The van der Waals surface area contributed by atoms with Gasteiger partial charge in [-0.25, -0.2) is 0 Å². The minimum absolute atomic E-state index is 0.00426. The molecule has 4 N–H and O–H groups in total. The summed E-state index contributed by atoms with van der Waals surface area (Å²) in [6.07, 6.45) is 0.221. The van der Waals surface area contributed by atoms with E-state index in [0.29, 0.717) is 37.6 Å². The number of halogens is 1. The Morgan fingerprint density at radius 3 is 2.42 bits per heavy atom. The molecule has 0 bridgehead atoms. The Hall–Kier alpha value is -1.60. The third-order valence-corrected chi connectivity index (χ3v) is 13.2. The number of methoxy groups -OCH3 is 2. The topological polar surface area (TPSA) is 121 Å². The predicted octanol–water partition coefficient (Wildman–Crippen LogP) is 4.98. The Morgan fingerprint density at radius 1 is 1.15 bits per heavy atom. The summed E-state index contributed by atoms with van der Waals surface area (Å²) in [5.74, 6) is 0.438. The molecule has 11 heteroatoms. The summed E-state index contributed by atoms with van der Waals surface area (Å²) in [6.45, 7) is 14.1. The molecule has 0 aliphatic carbocycles. The van der Waals surface area contributed by atoms with Crippen molar-refractivity contribution in [1.29, 1.82) is 0 Å². The third kappa shape index (κ3) is 8.70. The summed E-state index contributed by atoms with van der Waals surface area (Å²) >= 11 is 3.47. The molecule has 6 atom stereocenters. The molecule has 2 heterocycles. The Kier molecular flexibility index (Phi) is 11.6. The van der Waals surface area contributed by atoms with Crippen molar-refractivity contribution in [1.82, 2.24) is 15.3 Å². The molecule has 9 nitrogen and oxygen atoms in total. The summed E-state index contributed by atoms with van der Waals surface area (Å²) in [7, 11) is 0.841. The van der Waals surface area contributed by atoms with Gasteiger partial charge in [0.25, 0.3) is 0 Å². The van der Waals surface area contributed by atoms with Crippen LogP contribution in [0.1, 0.15) is 57.9 Å². The number of hydrogen-bond acceptors (Lipinski definition) is 9. The average molecular weight is 640 g/mol. The van der Waals surface area contributed by atoms with Crippen molar-refractivity contribution in [3.8, 4) is 11.9 Å². The summed E-state index contributed by atoms with van der Waals surface area (Å²) in [5, 5.41) is 14.6. The first-order valence-electron chi connectivity index (χ1n) is 13.9. The maximum atomic E-state index is 10.9.